The van der Waals surface area contributed by atoms with Crippen LogP contribution in [0.5, 0.6) is 0 Å². The van der Waals surface area contributed by atoms with Gasteiger partial charge in [-0.1, -0.05) is 46.5 Å². The summed E-state index contributed by atoms with van der Waals surface area (Å²) in [5, 5.41) is 8.97. The van der Waals surface area contributed by atoms with E-state index in [1.807, 2.05) is 0 Å². The van der Waals surface area contributed by atoms with Gasteiger partial charge >= 0.3 is 0 Å². The summed E-state index contributed by atoms with van der Waals surface area (Å²) in [5.41, 5.74) is 0. The van der Waals surface area contributed by atoms with E-state index in [1.54, 1.807) is 0 Å². The van der Waals surface area contributed by atoms with E-state index in [1.165, 1.54) is 25.7 Å². The van der Waals surface area contributed by atoms with Crippen molar-refractivity contribution in [3.05, 3.63) is 0 Å². The Kier molecular flexibility index (Phi) is 7.58. The minimum atomic E-state index is 0.370. The van der Waals surface area contributed by atoms with Crippen LogP contribution in [0.2, 0.25) is 0 Å². The predicted octanol–water partition coefficient (Wildman–Crippen LogP) is 3.22. The zero-order valence-corrected chi connectivity index (χ0v) is 8.84. The van der Waals surface area contributed by atoms with Crippen LogP contribution in [0, 0.1) is 11.8 Å². The van der Waals surface area contributed by atoms with Crippen LogP contribution in [0.15, 0.2) is 0 Å². The Morgan fingerprint density at radius 1 is 1.08 bits per heavy atom. The lowest BCUT2D eigenvalue weighted by Gasteiger charge is -2.14. The molecule has 0 fully saturated rings. The standard InChI is InChI=1S/C11H24O/c1-4-6-10(3)7-8-11(5-2)9-12/h10-12H,4-9H2,1-3H3. The van der Waals surface area contributed by atoms with Gasteiger partial charge in [0.15, 0.2) is 0 Å². The van der Waals surface area contributed by atoms with E-state index in [-0.39, 0.29) is 0 Å². The zero-order valence-electron chi connectivity index (χ0n) is 8.84. The average molecular weight is 172 g/mol. The van der Waals surface area contributed by atoms with Crippen molar-refractivity contribution in [2.75, 3.05) is 6.61 Å². The Morgan fingerprint density at radius 2 is 1.75 bits per heavy atom. The maximum atomic E-state index is 8.97. The summed E-state index contributed by atoms with van der Waals surface area (Å²) < 4.78 is 0. The molecule has 74 valence electrons. The zero-order chi connectivity index (χ0) is 9.40. The topological polar surface area (TPSA) is 20.2 Å². The Labute approximate surface area is 77.2 Å². The summed E-state index contributed by atoms with van der Waals surface area (Å²) in [4.78, 5) is 0. The van der Waals surface area contributed by atoms with E-state index < -0.39 is 0 Å². The van der Waals surface area contributed by atoms with Gasteiger partial charge in [0.2, 0.25) is 0 Å². The molecule has 0 bridgehead atoms. The van der Waals surface area contributed by atoms with Crippen molar-refractivity contribution in [1.29, 1.82) is 0 Å². The minimum Gasteiger partial charge on any atom is -0.396 e. The number of hydrogen-bond acceptors (Lipinski definition) is 1. The highest BCUT2D eigenvalue weighted by molar-refractivity contribution is 4.59. The molecular weight excluding hydrogens is 148 g/mol. The van der Waals surface area contributed by atoms with Crippen molar-refractivity contribution in [2.45, 2.75) is 52.9 Å². The second-order valence-corrected chi connectivity index (χ2v) is 3.93. The van der Waals surface area contributed by atoms with Crippen molar-refractivity contribution < 1.29 is 5.11 Å². The van der Waals surface area contributed by atoms with E-state index in [0.29, 0.717) is 12.5 Å². The molecular formula is C11H24O. The van der Waals surface area contributed by atoms with Gasteiger partial charge < -0.3 is 5.11 Å². The van der Waals surface area contributed by atoms with Crippen molar-refractivity contribution in [2.24, 2.45) is 11.8 Å². The largest absolute Gasteiger partial charge is 0.396 e. The van der Waals surface area contributed by atoms with Gasteiger partial charge in [0.05, 0.1) is 0 Å². The third-order valence-electron chi connectivity index (χ3n) is 2.68. The first kappa shape index (κ1) is 12.0. The van der Waals surface area contributed by atoms with Gasteiger partial charge in [-0.2, -0.15) is 0 Å². The summed E-state index contributed by atoms with van der Waals surface area (Å²) >= 11 is 0. The quantitative estimate of drug-likeness (QED) is 0.625. The molecule has 1 nitrogen and oxygen atoms in total. The lowest BCUT2D eigenvalue weighted by atomic mass is 9.93. The molecule has 0 radical (unpaired) electrons. The molecule has 0 aromatic carbocycles. The molecule has 0 spiro atoms. The van der Waals surface area contributed by atoms with Crippen LogP contribution in [0.3, 0.4) is 0 Å². The summed E-state index contributed by atoms with van der Waals surface area (Å²) in [6.45, 7) is 7.08. The van der Waals surface area contributed by atoms with Crippen LogP contribution in [0.4, 0.5) is 0 Å². The number of aliphatic hydroxyl groups is 1. The van der Waals surface area contributed by atoms with Gasteiger partial charge in [-0.3, -0.25) is 0 Å². The fourth-order valence-electron chi connectivity index (χ4n) is 1.58. The molecule has 0 aromatic heterocycles. The summed E-state index contributed by atoms with van der Waals surface area (Å²) in [7, 11) is 0. The molecule has 0 aliphatic heterocycles. The van der Waals surface area contributed by atoms with Crippen LogP contribution in [-0.4, -0.2) is 11.7 Å². The predicted molar refractivity (Wildman–Crippen MR) is 54.2 cm³/mol. The number of aliphatic hydroxyl groups excluding tert-OH is 1. The highest BCUT2D eigenvalue weighted by Gasteiger charge is 2.07. The van der Waals surface area contributed by atoms with Gasteiger partial charge in [0, 0.05) is 6.61 Å². The van der Waals surface area contributed by atoms with E-state index in [9.17, 15) is 0 Å². The van der Waals surface area contributed by atoms with E-state index >= 15 is 0 Å². The molecule has 2 unspecified atom stereocenters. The monoisotopic (exact) mass is 172 g/mol. The van der Waals surface area contributed by atoms with Gasteiger partial charge in [0.1, 0.15) is 0 Å². The first-order chi connectivity index (χ1) is 5.74. The van der Waals surface area contributed by atoms with Crippen LogP contribution < -0.4 is 0 Å². The van der Waals surface area contributed by atoms with Crippen LogP contribution in [-0.2, 0) is 0 Å². The molecule has 0 saturated heterocycles. The van der Waals surface area contributed by atoms with Gasteiger partial charge in [-0.05, 0) is 18.3 Å². The highest BCUT2D eigenvalue weighted by atomic mass is 16.3. The van der Waals surface area contributed by atoms with Gasteiger partial charge in [0.25, 0.3) is 0 Å². The smallest absolute Gasteiger partial charge is 0.0459 e. The molecule has 0 aliphatic rings. The van der Waals surface area contributed by atoms with Crippen LogP contribution in [0.1, 0.15) is 52.9 Å². The van der Waals surface area contributed by atoms with E-state index in [4.69, 9.17) is 5.11 Å². The molecule has 2 atom stereocenters. The molecule has 12 heavy (non-hydrogen) atoms. The average Bonchev–Trinajstić information content (AvgIpc) is 2.07. The summed E-state index contributed by atoms with van der Waals surface area (Å²) in [5.74, 6) is 1.39. The van der Waals surface area contributed by atoms with E-state index in [0.717, 1.165) is 12.3 Å². The molecule has 1 N–H and O–H groups in total. The summed E-state index contributed by atoms with van der Waals surface area (Å²) in [6.07, 6.45) is 6.23. The molecule has 1 heteroatoms. The lowest BCUT2D eigenvalue weighted by molar-refractivity contribution is 0.206. The molecule has 0 aliphatic carbocycles. The lowest BCUT2D eigenvalue weighted by Crippen LogP contribution is -2.06. The van der Waals surface area contributed by atoms with Crippen LogP contribution in [0.25, 0.3) is 0 Å². The molecule has 0 amide bonds. The second-order valence-electron chi connectivity index (χ2n) is 3.93. The van der Waals surface area contributed by atoms with Gasteiger partial charge in [-0.15, -0.1) is 0 Å². The van der Waals surface area contributed by atoms with Crippen LogP contribution >= 0.6 is 0 Å². The maximum absolute atomic E-state index is 8.97. The fourth-order valence-corrected chi connectivity index (χ4v) is 1.58. The number of hydrogen-bond donors (Lipinski definition) is 1. The molecule has 0 saturated carbocycles. The Morgan fingerprint density at radius 3 is 2.17 bits per heavy atom. The van der Waals surface area contributed by atoms with Crippen molar-refractivity contribution in [3.63, 3.8) is 0 Å². The molecule has 0 heterocycles. The molecule has 0 aromatic rings. The van der Waals surface area contributed by atoms with Crippen molar-refractivity contribution in [3.8, 4) is 0 Å². The first-order valence-corrected chi connectivity index (χ1v) is 5.35. The Hall–Kier alpha value is -0.0400. The van der Waals surface area contributed by atoms with Crippen molar-refractivity contribution in [1.82, 2.24) is 0 Å². The van der Waals surface area contributed by atoms with E-state index in [2.05, 4.69) is 20.8 Å². The SMILES string of the molecule is CCCC(C)CCC(CC)CO. The fraction of sp³-hybridized carbons (Fsp3) is 1.00. The Bertz CT molecular complexity index is 87.0. The van der Waals surface area contributed by atoms with Crippen molar-refractivity contribution >= 4 is 0 Å². The highest BCUT2D eigenvalue weighted by Crippen LogP contribution is 2.18. The maximum Gasteiger partial charge on any atom is 0.0459 e. The normalized spacial score (nSPS) is 16.0. The molecule has 0 rings (SSSR count). The Balaban J connectivity index is 3.37. The van der Waals surface area contributed by atoms with Gasteiger partial charge in [-0.25, -0.2) is 0 Å². The first-order valence-electron chi connectivity index (χ1n) is 5.35. The third-order valence-corrected chi connectivity index (χ3v) is 2.68. The second kappa shape index (κ2) is 7.60. The minimum absolute atomic E-state index is 0.370. The third kappa shape index (κ3) is 5.59. The summed E-state index contributed by atoms with van der Waals surface area (Å²) in [6, 6.07) is 0. The number of rotatable bonds is 7.